The molecule has 0 radical (unpaired) electrons. The third kappa shape index (κ3) is 4.73. The van der Waals surface area contributed by atoms with Gasteiger partial charge in [0.25, 0.3) is 0 Å². The summed E-state index contributed by atoms with van der Waals surface area (Å²) in [5.74, 6) is 0.924. The van der Waals surface area contributed by atoms with Crippen molar-refractivity contribution in [2.45, 2.75) is 32.5 Å². The molecule has 0 bridgehead atoms. The van der Waals surface area contributed by atoms with E-state index in [1.807, 2.05) is 32.4 Å². The first-order chi connectivity index (χ1) is 11.1. The molecule has 124 valence electrons. The quantitative estimate of drug-likeness (QED) is 0.813. The number of aromatic nitrogens is 2. The summed E-state index contributed by atoms with van der Waals surface area (Å²) in [6, 6.07) is 4.00. The number of rotatable bonds is 6. The molecule has 1 aliphatic rings. The summed E-state index contributed by atoms with van der Waals surface area (Å²) >= 11 is 1.72. The zero-order valence-corrected chi connectivity index (χ0v) is 14.8. The van der Waals surface area contributed by atoms with Gasteiger partial charge >= 0.3 is 0 Å². The van der Waals surface area contributed by atoms with Crippen LogP contribution in [0.4, 0.5) is 0 Å². The van der Waals surface area contributed by atoms with Crippen LogP contribution in [0.2, 0.25) is 0 Å². The Hall–Kier alpha value is -1.50. The molecule has 1 saturated heterocycles. The monoisotopic (exact) mass is 332 g/mol. The van der Waals surface area contributed by atoms with E-state index >= 15 is 0 Å². The van der Waals surface area contributed by atoms with Crippen molar-refractivity contribution in [3.8, 4) is 5.75 Å². The topological polar surface area (TPSA) is 41.5 Å². The van der Waals surface area contributed by atoms with Gasteiger partial charge in [0.15, 0.2) is 0 Å². The molecule has 0 amide bonds. The van der Waals surface area contributed by atoms with Crippen LogP contribution in [0.1, 0.15) is 22.8 Å². The lowest BCUT2D eigenvalue weighted by Crippen LogP contribution is -2.24. The number of hydrogen-bond acceptors (Lipinski definition) is 6. The first kappa shape index (κ1) is 16.4. The molecule has 0 saturated carbocycles. The minimum absolute atomic E-state index is 0.254. The fourth-order valence-corrected chi connectivity index (χ4v) is 3.48. The van der Waals surface area contributed by atoms with Crippen molar-refractivity contribution < 1.29 is 4.74 Å². The molecule has 0 spiro atoms. The summed E-state index contributed by atoms with van der Waals surface area (Å²) in [4.78, 5) is 13.5. The van der Waals surface area contributed by atoms with Gasteiger partial charge in [0.1, 0.15) is 11.9 Å². The van der Waals surface area contributed by atoms with Crippen molar-refractivity contribution in [2.75, 3.05) is 27.2 Å². The molecule has 1 fully saturated rings. The van der Waals surface area contributed by atoms with Crippen LogP contribution < -0.4 is 4.74 Å². The molecule has 5 nitrogen and oxygen atoms in total. The van der Waals surface area contributed by atoms with Crippen LogP contribution in [0.5, 0.6) is 5.75 Å². The van der Waals surface area contributed by atoms with E-state index in [4.69, 9.17) is 4.74 Å². The number of pyridine rings is 1. The highest BCUT2D eigenvalue weighted by Gasteiger charge is 2.24. The number of ether oxygens (including phenoxy) is 1. The highest BCUT2D eigenvalue weighted by atomic mass is 32.1. The molecule has 3 rings (SSSR count). The van der Waals surface area contributed by atoms with Gasteiger partial charge in [0.05, 0.1) is 16.4 Å². The molecule has 6 heteroatoms. The van der Waals surface area contributed by atoms with Crippen molar-refractivity contribution in [1.82, 2.24) is 19.8 Å². The normalized spacial score (nSPS) is 18.7. The average Bonchev–Trinajstić information content (AvgIpc) is 3.08. The Morgan fingerprint density at radius 2 is 2.26 bits per heavy atom. The van der Waals surface area contributed by atoms with Gasteiger partial charge in [-0.2, -0.15) is 0 Å². The number of nitrogens with zero attached hydrogens (tertiary/aromatic N) is 4. The fourth-order valence-electron chi connectivity index (χ4n) is 2.88. The molecular formula is C17H24N4OS. The van der Waals surface area contributed by atoms with Crippen molar-refractivity contribution in [3.05, 3.63) is 40.1 Å². The summed E-state index contributed by atoms with van der Waals surface area (Å²) in [7, 11) is 4.09. The van der Waals surface area contributed by atoms with Gasteiger partial charge in [-0.05, 0) is 33.5 Å². The Bertz CT molecular complexity index is 643. The zero-order chi connectivity index (χ0) is 16.2. The van der Waals surface area contributed by atoms with Gasteiger partial charge in [0, 0.05) is 43.8 Å². The van der Waals surface area contributed by atoms with Crippen molar-refractivity contribution in [1.29, 1.82) is 0 Å². The maximum absolute atomic E-state index is 6.15. The third-order valence-corrected chi connectivity index (χ3v) is 4.67. The third-order valence-electron chi connectivity index (χ3n) is 3.85. The van der Waals surface area contributed by atoms with Crippen LogP contribution in [0.3, 0.4) is 0 Å². The molecule has 2 aromatic heterocycles. The fraction of sp³-hybridized carbons (Fsp3) is 0.529. The second-order valence-corrected chi connectivity index (χ2v) is 7.40. The van der Waals surface area contributed by atoms with E-state index in [1.54, 1.807) is 11.3 Å². The number of thiazole rings is 1. The van der Waals surface area contributed by atoms with Crippen LogP contribution in [-0.4, -0.2) is 53.1 Å². The molecular weight excluding hydrogens is 308 g/mol. The lowest BCUT2D eigenvalue weighted by molar-refractivity contribution is 0.197. The van der Waals surface area contributed by atoms with E-state index in [1.165, 1.54) is 5.69 Å². The minimum atomic E-state index is 0.254. The van der Waals surface area contributed by atoms with Crippen LogP contribution in [0, 0.1) is 6.92 Å². The number of hydrogen-bond donors (Lipinski definition) is 0. The van der Waals surface area contributed by atoms with E-state index < -0.39 is 0 Å². The zero-order valence-electron chi connectivity index (χ0n) is 14.0. The molecule has 1 unspecified atom stereocenters. The number of likely N-dealkylation sites (tertiary alicyclic amines) is 1. The van der Waals surface area contributed by atoms with E-state index in [0.29, 0.717) is 0 Å². The van der Waals surface area contributed by atoms with E-state index in [-0.39, 0.29) is 6.10 Å². The van der Waals surface area contributed by atoms with E-state index in [2.05, 4.69) is 32.1 Å². The highest BCUT2D eigenvalue weighted by Crippen LogP contribution is 2.21. The average molecular weight is 332 g/mol. The van der Waals surface area contributed by atoms with Crippen LogP contribution in [0.25, 0.3) is 0 Å². The SMILES string of the molecule is Cc1nc(CN2CCC(Oc3ccnc(CN(C)C)c3)C2)cs1. The van der Waals surface area contributed by atoms with Gasteiger partial charge in [-0.1, -0.05) is 0 Å². The van der Waals surface area contributed by atoms with Gasteiger partial charge in [-0.25, -0.2) is 4.98 Å². The second kappa shape index (κ2) is 7.38. The lowest BCUT2D eigenvalue weighted by Gasteiger charge is -2.16. The minimum Gasteiger partial charge on any atom is -0.489 e. The predicted molar refractivity (Wildman–Crippen MR) is 92.8 cm³/mol. The van der Waals surface area contributed by atoms with Crippen molar-refractivity contribution in [3.63, 3.8) is 0 Å². The Balaban J connectivity index is 1.53. The first-order valence-corrected chi connectivity index (χ1v) is 8.86. The van der Waals surface area contributed by atoms with Gasteiger partial charge in [-0.3, -0.25) is 9.88 Å². The van der Waals surface area contributed by atoms with Crippen molar-refractivity contribution >= 4 is 11.3 Å². The smallest absolute Gasteiger partial charge is 0.123 e. The summed E-state index contributed by atoms with van der Waals surface area (Å²) in [6.45, 7) is 5.83. The summed E-state index contributed by atoms with van der Waals surface area (Å²) in [6.07, 6.45) is 3.15. The maximum atomic E-state index is 6.15. The lowest BCUT2D eigenvalue weighted by atomic mass is 10.3. The summed E-state index contributed by atoms with van der Waals surface area (Å²) in [5.41, 5.74) is 2.21. The van der Waals surface area contributed by atoms with E-state index in [0.717, 1.165) is 49.1 Å². The predicted octanol–water partition coefficient (Wildman–Crippen LogP) is 2.56. The Morgan fingerprint density at radius 1 is 1.39 bits per heavy atom. The number of aryl methyl sites for hydroxylation is 1. The summed E-state index contributed by atoms with van der Waals surface area (Å²) in [5, 5.41) is 3.29. The van der Waals surface area contributed by atoms with Crippen molar-refractivity contribution in [2.24, 2.45) is 0 Å². The van der Waals surface area contributed by atoms with Gasteiger partial charge in [0.2, 0.25) is 0 Å². The Labute approximate surface area is 141 Å². The maximum Gasteiger partial charge on any atom is 0.123 e. The van der Waals surface area contributed by atoms with Gasteiger partial charge in [-0.15, -0.1) is 11.3 Å². The Morgan fingerprint density at radius 3 is 3.00 bits per heavy atom. The van der Waals surface area contributed by atoms with E-state index in [9.17, 15) is 0 Å². The second-order valence-electron chi connectivity index (χ2n) is 6.34. The van der Waals surface area contributed by atoms with Gasteiger partial charge < -0.3 is 9.64 Å². The molecule has 0 aromatic carbocycles. The molecule has 2 aromatic rings. The first-order valence-electron chi connectivity index (χ1n) is 7.98. The molecule has 23 heavy (non-hydrogen) atoms. The molecule has 3 heterocycles. The molecule has 1 aliphatic heterocycles. The molecule has 0 aliphatic carbocycles. The highest BCUT2D eigenvalue weighted by molar-refractivity contribution is 7.09. The Kier molecular flexibility index (Phi) is 5.25. The largest absolute Gasteiger partial charge is 0.489 e. The van der Waals surface area contributed by atoms with Crippen LogP contribution in [-0.2, 0) is 13.1 Å². The van der Waals surface area contributed by atoms with Crippen LogP contribution >= 0.6 is 11.3 Å². The molecule has 0 N–H and O–H groups in total. The molecule has 1 atom stereocenters. The standard InChI is InChI=1S/C17H24N4OS/c1-13-19-15(12-23-13)10-21-7-5-17(11-21)22-16-4-6-18-14(8-16)9-20(2)3/h4,6,8,12,17H,5,7,9-11H2,1-3H3. The summed E-state index contributed by atoms with van der Waals surface area (Å²) < 4.78 is 6.15. The van der Waals surface area contributed by atoms with Crippen LogP contribution in [0.15, 0.2) is 23.7 Å².